The summed E-state index contributed by atoms with van der Waals surface area (Å²) in [5, 5.41) is 0.268. The zero-order valence-electron chi connectivity index (χ0n) is 15.7. The van der Waals surface area contributed by atoms with Crippen LogP contribution in [0.1, 0.15) is 23.7 Å². The summed E-state index contributed by atoms with van der Waals surface area (Å²) in [4.78, 5) is 45.1. The minimum Gasteiger partial charge on any atom is -0.468 e. The molecule has 4 rings (SSSR count). The Hall–Kier alpha value is -2.73. The molecule has 3 atom stereocenters. The van der Waals surface area contributed by atoms with Crippen molar-refractivity contribution < 1.29 is 19.1 Å². The number of para-hydroxylation sites is 1. The maximum Gasteiger partial charge on any atom is 0.318 e. The molecule has 0 bridgehead atoms. The van der Waals surface area contributed by atoms with Crippen LogP contribution < -0.4 is 4.90 Å². The number of aromatic nitrogens is 1. The van der Waals surface area contributed by atoms with Gasteiger partial charge in [-0.15, -0.1) is 0 Å². The molecule has 1 aromatic carbocycles. The summed E-state index contributed by atoms with van der Waals surface area (Å²) in [5.74, 6) is -2.89. The Kier molecular flexibility index (Phi) is 4.27. The number of amides is 2. The van der Waals surface area contributed by atoms with Crippen LogP contribution in [-0.2, 0) is 31.0 Å². The van der Waals surface area contributed by atoms with E-state index in [2.05, 4.69) is 4.98 Å². The monoisotopic (exact) mass is 398 g/mol. The van der Waals surface area contributed by atoms with Crippen LogP contribution in [0.4, 0.5) is 5.69 Å². The molecule has 2 aliphatic rings. The molecular formula is C21H19ClN2O4. The Morgan fingerprint density at radius 1 is 1.25 bits per heavy atom. The quantitative estimate of drug-likeness (QED) is 0.441. The number of nitrogens with zero attached hydrogens (tertiary/aromatic N) is 2. The fraction of sp³-hybridized carbons (Fsp3) is 0.333. The first-order chi connectivity index (χ1) is 13.3. The number of hydrogen-bond acceptors (Lipinski definition) is 5. The fourth-order valence-corrected chi connectivity index (χ4v) is 4.63. The van der Waals surface area contributed by atoms with Gasteiger partial charge in [0.25, 0.3) is 0 Å². The molecule has 0 N–H and O–H groups in total. The van der Waals surface area contributed by atoms with Crippen molar-refractivity contribution in [2.45, 2.75) is 25.7 Å². The molecule has 1 aliphatic heterocycles. The summed E-state index contributed by atoms with van der Waals surface area (Å²) < 4.78 is 5.05. The zero-order valence-corrected chi connectivity index (χ0v) is 16.5. The summed E-state index contributed by atoms with van der Waals surface area (Å²) in [5.41, 5.74) is 0.994. The van der Waals surface area contributed by atoms with Gasteiger partial charge in [0, 0.05) is 0 Å². The minimum absolute atomic E-state index is 0.268. The maximum absolute atomic E-state index is 13.4. The van der Waals surface area contributed by atoms with Gasteiger partial charge in [0.1, 0.15) is 10.6 Å². The third-order valence-electron chi connectivity index (χ3n) is 5.83. The number of ether oxygens (including phenoxy) is 1. The van der Waals surface area contributed by atoms with Crippen molar-refractivity contribution in [3.63, 3.8) is 0 Å². The Bertz CT molecular complexity index is 1010. The largest absolute Gasteiger partial charge is 0.468 e. The van der Waals surface area contributed by atoms with Gasteiger partial charge in [0.2, 0.25) is 11.8 Å². The van der Waals surface area contributed by atoms with Crippen LogP contribution in [0.15, 0.2) is 36.4 Å². The van der Waals surface area contributed by atoms with Gasteiger partial charge in [-0.05, 0) is 43.5 Å². The van der Waals surface area contributed by atoms with E-state index in [-0.39, 0.29) is 11.1 Å². The van der Waals surface area contributed by atoms with Gasteiger partial charge < -0.3 is 4.74 Å². The van der Waals surface area contributed by atoms with E-state index in [1.807, 2.05) is 19.1 Å². The highest BCUT2D eigenvalue weighted by atomic mass is 35.5. The van der Waals surface area contributed by atoms with E-state index in [0.717, 1.165) is 11.1 Å². The predicted octanol–water partition coefficient (Wildman–Crippen LogP) is 2.84. The van der Waals surface area contributed by atoms with Crippen molar-refractivity contribution in [2.75, 3.05) is 12.0 Å². The van der Waals surface area contributed by atoms with Crippen molar-refractivity contribution in [1.29, 1.82) is 0 Å². The first-order valence-corrected chi connectivity index (χ1v) is 9.36. The van der Waals surface area contributed by atoms with E-state index in [4.69, 9.17) is 16.3 Å². The Morgan fingerprint density at radius 2 is 1.93 bits per heavy atom. The summed E-state index contributed by atoms with van der Waals surface area (Å²) in [6.07, 6.45) is 0.325. The van der Waals surface area contributed by atoms with Gasteiger partial charge in [0.05, 0.1) is 30.3 Å². The van der Waals surface area contributed by atoms with Gasteiger partial charge >= 0.3 is 5.97 Å². The number of methoxy groups -OCH3 is 1. The molecule has 1 aliphatic carbocycles. The summed E-state index contributed by atoms with van der Waals surface area (Å²) in [6.45, 7) is 3.43. The van der Waals surface area contributed by atoms with E-state index < -0.39 is 29.1 Å². The van der Waals surface area contributed by atoms with Crippen molar-refractivity contribution in [2.24, 2.45) is 11.8 Å². The molecule has 144 valence electrons. The second-order valence-corrected chi connectivity index (χ2v) is 7.79. The number of anilines is 1. The van der Waals surface area contributed by atoms with Crippen molar-refractivity contribution in [3.05, 3.63) is 58.4 Å². The standard InChI is InChI=1S/C21H19ClN2O4/c1-11-9-12-10-14-15(21(2,20(27)28-3)16(12)23-17(11)22)19(26)24(18(14)25)13-7-5-4-6-8-13/h4-9,14-15H,10H2,1-3H3/t14-,15+,21+/m0/s1. The Morgan fingerprint density at radius 3 is 2.57 bits per heavy atom. The van der Waals surface area contributed by atoms with Crippen LogP contribution in [0.5, 0.6) is 0 Å². The SMILES string of the molecule is COC(=O)[C@@]1(C)c2nc(Cl)c(C)cc2C[C@@H]2C(=O)N(c3ccccc3)C(=O)[C@@H]21. The topological polar surface area (TPSA) is 76.6 Å². The molecule has 0 unspecified atom stereocenters. The number of esters is 1. The first-order valence-electron chi connectivity index (χ1n) is 8.98. The molecule has 1 aromatic heterocycles. The molecule has 2 aromatic rings. The van der Waals surface area contributed by atoms with Crippen molar-refractivity contribution in [1.82, 2.24) is 4.98 Å². The second kappa shape index (κ2) is 6.41. The highest BCUT2D eigenvalue weighted by Gasteiger charge is 2.63. The van der Waals surface area contributed by atoms with E-state index in [1.165, 1.54) is 12.0 Å². The van der Waals surface area contributed by atoms with Crippen LogP contribution in [-0.4, -0.2) is 29.9 Å². The van der Waals surface area contributed by atoms with E-state index in [0.29, 0.717) is 17.8 Å². The number of benzene rings is 1. The number of carbonyl (C=O) groups is 3. The number of halogens is 1. The lowest BCUT2D eigenvalue weighted by Gasteiger charge is -2.38. The lowest BCUT2D eigenvalue weighted by atomic mass is 9.62. The van der Waals surface area contributed by atoms with E-state index in [9.17, 15) is 14.4 Å². The van der Waals surface area contributed by atoms with Crippen molar-refractivity contribution in [3.8, 4) is 0 Å². The molecule has 1 saturated heterocycles. The average Bonchev–Trinajstić information content (AvgIpc) is 2.94. The minimum atomic E-state index is -1.40. The molecule has 28 heavy (non-hydrogen) atoms. The highest BCUT2D eigenvalue weighted by molar-refractivity contribution is 6.30. The van der Waals surface area contributed by atoms with Gasteiger partial charge in [-0.3, -0.25) is 19.3 Å². The third-order valence-corrected chi connectivity index (χ3v) is 6.22. The number of aryl methyl sites for hydroxylation is 1. The van der Waals surface area contributed by atoms with Crippen LogP contribution in [0.3, 0.4) is 0 Å². The number of carbonyl (C=O) groups excluding carboxylic acids is 3. The third kappa shape index (κ3) is 2.41. The molecule has 0 spiro atoms. The molecule has 2 amide bonds. The highest BCUT2D eigenvalue weighted by Crippen LogP contribution is 2.50. The molecular weight excluding hydrogens is 380 g/mol. The van der Waals surface area contributed by atoms with Crippen LogP contribution in [0.25, 0.3) is 0 Å². The van der Waals surface area contributed by atoms with E-state index in [1.54, 1.807) is 31.2 Å². The number of imide groups is 1. The van der Waals surface area contributed by atoms with Crippen molar-refractivity contribution >= 4 is 35.1 Å². The number of rotatable bonds is 2. The molecule has 6 nitrogen and oxygen atoms in total. The lowest BCUT2D eigenvalue weighted by Crippen LogP contribution is -2.51. The fourth-order valence-electron chi connectivity index (χ4n) is 4.49. The summed E-state index contributed by atoms with van der Waals surface area (Å²) in [7, 11) is 1.27. The molecule has 1 fully saturated rings. The predicted molar refractivity (Wildman–Crippen MR) is 103 cm³/mol. The Labute approximate surface area is 167 Å². The van der Waals surface area contributed by atoms with Gasteiger partial charge in [0.15, 0.2) is 0 Å². The van der Waals surface area contributed by atoms with Gasteiger partial charge in [-0.1, -0.05) is 35.9 Å². The summed E-state index contributed by atoms with van der Waals surface area (Å²) >= 11 is 6.23. The lowest BCUT2D eigenvalue weighted by molar-refractivity contribution is -0.153. The normalized spacial score (nSPS) is 26.1. The van der Waals surface area contributed by atoms with Crippen LogP contribution >= 0.6 is 11.6 Å². The molecule has 2 heterocycles. The molecule has 0 radical (unpaired) electrons. The Balaban J connectivity index is 1.92. The number of hydrogen-bond donors (Lipinski definition) is 0. The average molecular weight is 399 g/mol. The second-order valence-electron chi connectivity index (χ2n) is 7.43. The first kappa shape index (κ1) is 18.6. The number of pyridine rings is 1. The molecule has 7 heteroatoms. The van der Waals surface area contributed by atoms with Gasteiger partial charge in [-0.2, -0.15) is 0 Å². The van der Waals surface area contributed by atoms with E-state index >= 15 is 0 Å². The zero-order chi connectivity index (χ0) is 20.2. The van der Waals surface area contributed by atoms with Crippen LogP contribution in [0, 0.1) is 18.8 Å². The maximum atomic E-state index is 13.4. The number of fused-ring (bicyclic) bond motifs is 2. The molecule has 0 saturated carbocycles. The smallest absolute Gasteiger partial charge is 0.318 e. The van der Waals surface area contributed by atoms with Crippen LogP contribution in [0.2, 0.25) is 5.15 Å². The summed E-state index contributed by atoms with van der Waals surface area (Å²) in [6, 6.07) is 10.6. The van der Waals surface area contributed by atoms with Gasteiger partial charge in [-0.25, -0.2) is 4.98 Å².